The molecule has 2 aromatic rings. The Morgan fingerprint density at radius 3 is 2.55 bits per heavy atom. The number of hydrogen-bond acceptors (Lipinski definition) is 3. The highest BCUT2D eigenvalue weighted by Crippen LogP contribution is 2.40. The molecule has 0 atom stereocenters. The van der Waals surface area contributed by atoms with Gasteiger partial charge in [0, 0.05) is 15.8 Å². The lowest BCUT2D eigenvalue weighted by Crippen LogP contribution is -2.42. The van der Waals surface area contributed by atoms with Crippen LogP contribution in [0.25, 0.3) is 6.08 Å². The summed E-state index contributed by atoms with van der Waals surface area (Å²) in [6, 6.07) is 8.21. The summed E-state index contributed by atoms with van der Waals surface area (Å²) in [6.07, 6.45) is 8.01. The summed E-state index contributed by atoms with van der Waals surface area (Å²) in [5.74, 6) is 0.00806. The first-order valence-electron chi connectivity index (χ1n) is 6.86. The van der Waals surface area contributed by atoms with Crippen molar-refractivity contribution in [3.05, 3.63) is 50.9 Å². The summed E-state index contributed by atoms with van der Waals surface area (Å²) >= 11 is 3.38. The molecule has 104 valence electrons. The molecule has 20 heavy (non-hydrogen) atoms. The second kappa shape index (κ2) is 5.94. The first-order valence-corrected chi connectivity index (χ1v) is 8.62. The highest BCUT2D eigenvalue weighted by molar-refractivity contribution is 7.10. The molecule has 1 saturated carbocycles. The predicted octanol–water partition coefficient (Wildman–Crippen LogP) is 4.41. The lowest BCUT2D eigenvalue weighted by Gasteiger charge is -2.28. The van der Waals surface area contributed by atoms with E-state index in [2.05, 4.69) is 22.8 Å². The van der Waals surface area contributed by atoms with E-state index >= 15 is 0 Å². The second-order valence-electron chi connectivity index (χ2n) is 5.10. The van der Waals surface area contributed by atoms with Gasteiger partial charge in [-0.05, 0) is 41.8 Å². The number of carbonyl (C=O) groups is 1. The van der Waals surface area contributed by atoms with Crippen LogP contribution in [-0.4, -0.2) is 5.91 Å². The van der Waals surface area contributed by atoms with Crippen molar-refractivity contribution in [3.63, 3.8) is 0 Å². The Bertz CT molecular complexity index is 578. The summed E-state index contributed by atoms with van der Waals surface area (Å²) in [7, 11) is 0. The van der Waals surface area contributed by atoms with Crippen LogP contribution in [0.3, 0.4) is 0 Å². The van der Waals surface area contributed by atoms with Crippen molar-refractivity contribution in [1.82, 2.24) is 5.32 Å². The van der Waals surface area contributed by atoms with Crippen LogP contribution in [0.1, 0.15) is 35.4 Å². The third-order valence-electron chi connectivity index (χ3n) is 3.75. The summed E-state index contributed by atoms with van der Waals surface area (Å²) < 4.78 is 0. The third kappa shape index (κ3) is 2.86. The van der Waals surface area contributed by atoms with E-state index < -0.39 is 0 Å². The van der Waals surface area contributed by atoms with Crippen LogP contribution in [-0.2, 0) is 10.3 Å². The van der Waals surface area contributed by atoms with E-state index in [0.717, 1.165) is 17.7 Å². The molecule has 0 aromatic carbocycles. The van der Waals surface area contributed by atoms with Crippen molar-refractivity contribution in [1.29, 1.82) is 0 Å². The van der Waals surface area contributed by atoms with E-state index in [4.69, 9.17) is 0 Å². The van der Waals surface area contributed by atoms with Gasteiger partial charge in [0.1, 0.15) is 0 Å². The van der Waals surface area contributed by atoms with Crippen molar-refractivity contribution < 1.29 is 4.79 Å². The van der Waals surface area contributed by atoms with Crippen molar-refractivity contribution in [3.8, 4) is 0 Å². The molecule has 0 bridgehead atoms. The van der Waals surface area contributed by atoms with E-state index in [1.165, 1.54) is 17.7 Å². The Kier molecular flexibility index (Phi) is 4.03. The molecule has 3 rings (SSSR count). The van der Waals surface area contributed by atoms with E-state index in [9.17, 15) is 4.79 Å². The average Bonchev–Trinajstić information content (AvgIpc) is 3.18. The van der Waals surface area contributed by atoms with E-state index in [0.29, 0.717) is 0 Å². The Morgan fingerprint density at radius 1 is 1.15 bits per heavy atom. The van der Waals surface area contributed by atoms with Gasteiger partial charge in [-0.1, -0.05) is 25.0 Å². The van der Waals surface area contributed by atoms with Crippen LogP contribution in [0, 0.1) is 0 Å². The number of hydrogen-bond donors (Lipinski definition) is 1. The summed E-state index contributed by atoms with van der Waals surface area (Å²) in [5, 5.41) is 7.35. The molecule has 0 aliphatic heterocycles. The molecule has 1 aliphatic rings. The van der Waals surface area contributed by atoms with Crippen LogP contribution < -0.4 is 5.32 Å². The molecule has 1 fully saturated rings. The zero-order chi connectivity index (χ0) is 13.8. The summed E-state index contributed by atoms with van der Waals surface area (Å²) in [4.78, 5) is 14.6. The van der Waals surface area contributed by atoms with E-state index in [-0.39, 0.29) is 11.4 Å². The Labute approximate surface area is 127 Å². The number of nitrogens with one attached hydrogen (secondary N) is 1. The van der Waals surface area contributed by atoms with Gasteiger partial charge in [-0.2, -0.15) is 0 Å². The molecular formula is C16H17NOS2. The maximum atomic E-state index is 12.2. The first kappa shape index (κ1) is 13.6. The molecule has 1 aliphatic carbocycles. The monoisotopic (exact) mass is 303 g/mol. The van der Waals surface area contributed by atoms with Gasteiger partial charge in [0.05, 0.1) is 5.54 Å². The number of thiophene rings is 2. The minimum Gasteiger partial charge on any atom is -0.342 e. The quantitative estimate of drug-likeness (QED) is 0.833. The fourth-order valence-electron chi connectivity index (χ4n) is 2.78. The summed E-state index contributed by atoms with van der Waals surface area (Å²) in [5.41, 5.74) is -0.134. The molecule has 0 spiro atoms. The molecule has 1 amide bonds. The van der Waals surface area contributed by atoms with Crippen LogP contribution in [0.15, 0.2) is 41.1 Å². The third-order valence-corrected chi connectivity index (χ3v) is 5.67. The molecule has 1 N–H and O–H groups in total. The smallest absolute Gasteiger partial charge is 0.244 e. The first-order chi connectivity index (χ1) is 9.78. The van der Waals surface area contributed by atoms with Gasteiger partial charge < -0.3 is 5.32 Å². The van der Waals surface area contributed by atoms with Crippen molar-refractivity contribution >= 4 is 34.7 Å². The fourth-order valence-corrected chi connectivity index (χ4v) is 4.34. The SMILES string of the molecule is O=C(C=Cc1cccs1)NC1(c2cccs2)CCCC1. The molecule has 2 nitrogen and oxygen atoms in total. The number of carbonyl (C=O) groups excluding carboxylic acids is 1. The number of amides is 1. The maximum Gasteiger partial charge on any atom is 0.244 e. The lowest BCUT2D eigenvalue weighted by molar-refractivity contribution is -0.118. The molecule has 2 heterocycles. The van der Waals surface area contributed by atoms with Crippen molar-refractivity contribution in [2.24, 2.45) is 0 Å². The average molecular weight is 303 g/mol. The van der Waals surface area contributed by atoms with Crippen LogP contribution >= 0.6 is 22.7 Å². The topological polar surface area (TPSA) is 29.1 Å². The van der Waals surface area contributed by atoms with Crippen molar-refractivity contribution in [2.45, 2.75) is 31.2 Å². The van der Waals surface area contributed by atoms with Gasteiger partial charge >= 0.3 is 0 Å². The molecule has 4 heteroatoms. The Hall–Kier alpha value is -1.39. The van der Waals surface area contributed by atoms with Gasteiger partial charge in [-0.3, -0.25) is 4.79 Å². The molecule has 0 unspecified atom stereocenters. The van der Waals surface area contributed by atoms with Gasteiger partial charge in [-0.15, -0.1) is 22.7 Å². The van der Waals surface area contributed by atoms with Gasteiger partial charge in [0.25, 0.3) is 0 Å². The molecule has 2 aromatic heterocycles. The molecule has 0 saturated heterocycles. The highest BCUT2D eigenvalue weighted by atomic mass is 32.1. The zero-order valence-electron chi connectivity index (χ0n) is 11.2. The Morgan fingerprint density at radius 2 is 1.90 bits per heavy atom. The van der Waals surface area contributed by atoms with E-state index in [1.807, 2.05) is 23.6 Å². The van der Waals surface area contributed by atoms with Crippen LogP contribution in [0.2, 0.25) is 0 Å². The van der Waals surface area contributed by atoms with Crippen LogP contribution in [0.5, 0.6) is 0 Å². The second-order valence-corrected chi connectivity index (χ2v) is 7.03. The Balaban J connectivity index is 1.73. The van der Waals surface area contributed by atoms with Crippen molar-refractivity contribution in [2.75, 3.05) is 0 Å². The molecule has 0 radical (unpaired) electrons. The lowest BCUT2D eigenvalue weighted by atomic mass is 9.95. The minimum absolute atomic E-state index is 0.00806. The summed E-state index contributed by atoms with van der Waals surface area (Å²) in [6.45, 7) is 0. The fraction of sp³-hybridized carbons (Fsp3) is 0.312. The standard InChI is InChI=1S/C16H17NOS2/c18-15(8-7-13-5-3-11-19-13)17-16(9-1-2-10-16)14-6-4-12-20-14/h3-8,11-12H,1-2,9-10H2,(H,17,18). The van der Waals surface area contributed by atoms with Crippen LogP contribution in [0.4, 0.5) is 0 Å². The number of rotatable bonds is 4. The maximum absolute atomic E-state index is 12.2. The van der Waals surface area contributed by atoms with E-state index in [1.54, 1.807) is 28.7 Å². The normalized spacial score (nSPS) is 17.6. The zero-order valence-corrected chi connectivity index (χ0v) is 12.8. The minimum atomic E-state index is -0.134. The van der Waals surface area contributed by atoms with Gasteiger partial charge in [0.15, 0.2) is 0 Å². The predicted molar refractivity (Wildman–Crippen MR) is 86.0 cm³/mol. The molecular weight excluding hydrogens is 286 g/mol. The largest absolute Gasteiger partial charge is 0.342 e. The highest BCUT2D eigenvalue weighted by Gasteiger charge is 2.37. The van der Waals surface area contributed by atoms with Gasteiger partial charge in [0.2, 0.25) is 5.91 Å². The van der Waals surface area contributed by atoms with Gasteiger partial charge in [-0.25, -0.2) is 0 Å².